The minimum absolute atomic E-state index is 0.154. The number of fused-ring (bicyclic) bond motifs is 1. The number of hydrogen-bond acceptors (Lipinski definition) is 5. The van der Waals surface area contributed by atoms with Gasteiger partial charge in [-0.3, -0.25) is 4.79 Å². The minimum Gasteiger partial charge on any atom is -0.460 e. The van der Waals surface area contributed by atoms with Crippen LogP contribution in [0.2, 0.25) is 38.3 Å². The number of esters is 1. The zero-order chi connectivity index (χ0) is 24.5. The molecule has 0 aromatic heterocycles. The van der Waals surface area contributed by atoms with E-state index in [0.717, 1.165) is 23.2 Å². The molecule has 0 aliphatic rings. The maximum absolute atomic E-state index is 12.6. The molecule has 0 saturated heterocycles. The summed E-state index contributed by atoms with van der Waals surface area (Å²) in [6.45, 7) is 14.1. The lowest BCUT2D eigenvalue weighted by Crippen LogP contribution is -2.44. The Kier molecular flexibility index (Phi) is 10.5. The number of hydrogen-bond donors (Lipinski definition) is 0. The number of ether oxygens (including phenoxy) is 2. The van der Waals surface area contributed by atoms with E-state index in [2.05, 4.69) is 33.1 Å². The zero-order valence-corrected chi connectivity index (χ0v) is 23.2. The molecule has 2 aromatic carbocycles. The molecule has 0 fully saturated rings. The van der Waals surface area contributed by atoms with Gasteiger partial charge in [0.25, 0.3) is 0 Å². The predicted octanol–water partition coefficient (Wildman–Crippen LogP) is 6.83. The fraction of sp³-hybridized carbons (Fsp3) is 0.538. The van der Waals surface area contributed by atoms with Gasteiger partial charge in [-0.15, -0.1) is 0 Å². The van der Waals surface area contributed by atoms with Crippen molar-refractivity contribution in [2.24, 2.45) is 0 Å². The van der Waals surface area contributed by atoms with Gasteiger partial charge in [0.1, 0.15) is 6.61 Å². The van der Waals surface area contributed by atoms with E-state index < -0.39 is 22.6 Å². The standard InChI is InChI=1S/C26H40O5Si2/c1-7-8-17-32(3,4)31-33(5,6)18-11-14-29-15-16-30-26(28)25-20-23-13-10-9-12-22(23)19-24(25)21(2)27/h9-10,12-13,19-20H,7-8,11,14-18H2,1-6H3. The van der Waals surface area contributed by atoms with Crippen molar-refractivity contribution in [1.29, 1.82) is 0 Å². The molecule has 0 aliphatic heterocycles. The third-order valence-corrected chi connectivity index (χ3v) is 13.2. The third kappa shape index (κ3) is 9.16. The molecule has 0 unspecified atom stereocenters. The van der Waals surface area contributed by atoms with Gasteiger partial charge in [-0.2, -0.15) is 0 Å². The van der Waals surface area contributed by atoms with Crippen molar-refractivity contribution in [3.63, 3.8) is 0 Å². The van der Waals surface area contributed by atoms with Gasteiger partial charge in [0.2, 0.25) is 0 Å². The van der Waals surface area contributed by atoms with Gasteiger partial charge >= 0.3 is 5.97 Å². The second-order valence-electron chi connectivity index (χ2n) is 9.88. The number of carbonyl (C=O) groups is 2. The summed E-state index contributed by atoms with van der Waals surface area (Å²) in [7, 11) is -3.27. The van der Waals surface area contributed by atoms with Crippen LogP contribution in [0.15, 0.2) is 36.4 Å². The molecule has 0 aliphatic carbocycles. The van der Waals surface area contributed by atoms with E-state index in [1.165, 1.54) is 25.8 Å². The lowest BCUT2D eigenvalue weighted by Gasteiger charge is -2.34. The van der Waals surface area contributed by atoms with E-state index in [0.29, 0.717) is 24.3 Å². The second kappa shape index (κ2) is 12.6. The van der Waals surface area contributed by atoms with Gasteiger partial charge in [0.05, 0.1) is 12.2 Å². The molecule has 0 saturated carbocycles. The highest BCUT2D eigenvalue weighted by Crippen LogP contribution is 2.24. The second-order valence-corrected chi connectivity index (χ2v) is 18.7. The molecule has 0 N–H and O–H groups in total. The summed E-state index contributed by atoms with van der Waals surface area (Å²) >= 11 is 0. The maximum Gasteiger partial charge on any atom is 0.338 e. The lowest BCUT2D eigenvalue weighted by atomic mass is 9.98. The number of rotatable bonds is 14. The first-order valence-corrected chi connectivity index (χ1v) is 18.3. The molecule has 5 nitrogen and oxygen atoms in total. The number of ketones is 1. The van der Waals surface area contributed by atoms with Gasteiger partial charge in [-0.05, 0) is 74.5 Å². The van der Waals surface area contributed by atoms with Gasteiger partial charge in [0, 0.05) is 12.2 Å². The van der Waals surface area contributed by atoms with Crippen molar-refractivity contribution >= 4 is 39.2 Å². The molecule has 7 heteroatoms. The van der Waals surface area contributed by atoms with Crippen LogP contribution in [-0.2, 0) is 13.6 Å². The Balaban J connectivity index is 1.75. The van der Waals surface area contributed by atoms with Crippen LogP contribution in [-0.4, -0.2) is 48.2 Å². The smallest absolute Gasteiger partial charge is 0.338 e. The molecule has 182 valence electrons. The van der Waals surface area contributed by atoms with Crippen LogP contribution in [0.4, 0.5) is 0 Å². The first-order chi connectivity index (χ1) is 15.5. The van der Waals surface area contributed by atoms with E-state index >= 15 is 0 Å². The van der Waals surface area contributed by atoms with Crippen LogP contribution in [0, 0.1) is 0 Å². The summed E-state index contributed by atoms with van der Waals surface area (Å²) in [6.07, 6.45) is 3.42. The van der Waals surface area contributed by atoms with E-state index in [1.807, 2.05) is 24.3 Å². The van der Waals surface area contributed by atoms with Crippen LogP contribution >= 0.6 is 0 Å². The highest BCUT2D eigenvalue weighted by molar-refractivity contribution is 6.84. The van der Waals surface area contributed by atoms with Crippen molar-refractivity contribution in [1.82, 2.24) is 0 Å². The summed E-state index contributed by atoms with van der Waals surface area (Å²) in [5.74, 6) is -0.644. The average molecular weight is 489 g/mol. The van der Waals surface area contributed by atoms with Gasteiger partial charge in [-0.1, -0.05) is 44.0 Å². The molecule has 2 rings (SSSR count). The van der Waals surface area contributed by atoms with Crippen molar-refractivity contribution in [3.05, 3.63) is 47.5 Å². The normalized spacial score (nSPS) is 12.2. The molecule has 0 atom stereocenters. The van der Waals surface area contributed by atoms with Crippen LogP contribution in [0.25, 0.3) is 10.8 Å². The zero-order valence-electron chi connectivity index (χ0n) is 21.2. The van der Waals surface area contributed by atoms with E-state index in [-0.39, 0.29) is 12.4 Å². The number of carbonyl (C=O) groups excluding carboxylic acids is 2. The summed E-state index contributed by atoms with van der Waals surface area (Å²) in [4.78, 5) is 24.6. The molecule has 2 aromatic rings. The van der Waals surface area contributed by atoms with Crippen LogP contribution < -0.4 is 0 Å². The largest absolute Gasteiger partial charge is 0.460 e. The lowest BCUT2D eigenvalue weighted by molar-refractivity contribution is 0.0316. The van der Waals surface area contributed by atoms with E-state index in [4.69, 9.17) is 13.6 Å². The maximum atomic E-state index is 12.6. The Morgan fingerprint density at radius 3 is 1.97 bits per heavy atom. The topological polar surface area (TPSA) is 61.8 Å². The van der Waals surface area contributed by atoms with Crippen molar-refractivity contribution in [2.75, 3.05) is 19.8 Å². The minimum atomic E-state index is -1.69. The quantitative estimate of drug-likeness (QED) is 0.126. The van der Waals surface area contributed by atoms with Crippen molar-refractivity contribution in [3.8, 4) is 0 Å². The third-order valence-electron chi connectivity index (χ3n) is 5.70. The Morgan fingerprint density at radius 1 is 0.818 bits per heavy atom. The first kappa shape index (κ1) is 27.4. The van der Waals surface area contributed by atoms with Crippen LogP contribution in [0.3, 0.4) is 0 Å². The summed E-state index contributed by atoms with van der Waals surface area (Å²) in [5.41, 5.74) is 0.693. The molecular formula is C26H40O5Si2. The molecule has 0 heterocycles. The molecule has 33 heavy (non-hydrogen) atoms. The van der Waals surface area contributed by atoms with Crippen LogP contribution in [0.1, 0.15) is 53.8 Å². The summed E-state index contributed by atoms with van der Waals surface area (Å²) < 4.78 is 17.7. The average Bonchev–Trinajstić information content (AvgIpc) is 2.75. The van der Waals surface area contributed by atoms with E-state index in [9.17, 15) is 9.59 Å². The molecule has 0 spiro atoms. The fourth-order valence-corrected chi connectivity index (χ4v) is 13.1. The van der Waals surface area contributed by atoms with Crippen LogP contribution in [0.5, 0.6) is 0 Å². The van der Waals surface area contributed by atoms with Gasteiger partial charge in [0.15, 0.2) is 22.4 Å². The van der Waals surface area contributed by atoms with Crippen molar-refractivity contribution in [2.45, 2.75) is 71.4 Å². The highest BCUT2D eigenvalue weighted by atomic mass is 28.4. The number of Topliss-reactive ketones (excluding diaryl/α,β-unsaturated/α-hetero) is 1. The molecule has 0 amide bonds. The van der Waals surface area contributed by atoms with Crippen molar-refractivity contribution < 1.29 is 23.2 Å². The fourth-order valence-electron chi connectivity index (χ4n) is 4.13. The first-order valence-electron chi connectivity index (χ1n) is 12.0. The SMILES string of the molecule is CCCC[Si](C)(C)O[Si](C)(C)CCCOCCOC(=O)c1cc2ccccc2cc1C(C)=O. The van der Waals surface area contributed by atoms with E-state index in [1.54, 1.807) is 12.1 Å². The Hall–Kier alpha value is -1.81. The summed E-state index contributed by atoms with van der Waals surface area (Å²) in [5, 5.41) is 1.83. The molecule has 0 bridgehead atoms. The Bertz CT molecular complexity index is 939. The monoisotopic (exact) mass is 488 g/mol. The Labute approximate surface area is 201 Å². The molecular weight excluding hydrogens is 448 g/mol. The Morgan fingerprint density at radius 2 is 1.39 bits per heavy atom. The molecule has 0 radical (unpaired) electrons. The summed E-state index contributed by atoms with van der Waals surface area (Å²) in [6, 6.07) is 13.4. The predicted molar refractivity (Wildman–Crippen MR) is 140 cm³/mol. The number of benzene rings is 2. The van der Waals surface area contributed by atoms with Gasteiger partial charge in [-0.25, -0.2) is 4.79 Å². The number of unbranched alkanes of at least 4 members (excludes halogenated alkanes) is 1. The highest BCUT2D eigenvalue weighted by Gasteiger charge is 2.32. The van der Waals surface area contributed by atoms with Gasteiger partial charge < -0.3 is 13.6 Å².